The summed E-state index contributed by atoms with van der Waals surface area (Å²) in [5.74, 6) is 0. The van der Waals surface area contributed by atoms with E-state index in [1.807, 2.05) is 26.8 Å². The second-order valence-electron chi connectivity index (χ2n) is 3.61. The van der Waals surface area contributed by atoms with Crippen LogP contribution in [-0.2, 0) is 11.4 Å². The van der Waals surface area contributed by atoms with Crippen molar-refractivity contribution in [1.29, 1.82) is 0 Å². The van der Waals surface area contributed by atoms with Crippen molar-refractivity contribution in [2.24, 2.45) is 0 Å². The molecule has 2 nitrogen and oxygen atoms in total. The van der Waals surface area contributed by atoms with Gasteiger partial charge in [0.05, 0.1) is 12.1 Å². The van der Waals surface area contributed by atoms with E-state index in [0.717, 1.165) is 6.54 Å². The van der Waals surface area contributed by atoms with Crippen LogP contribution in [0.5, 0.6) is 0 Å². The highest BCUT2D eigenvalue weighted by molar-refractivity contribution is 7.09. The third-order valence-electron chi connectivity index (χ3n) is 1.20. The maximum Gasteiger partial charge on any atom is 0.0813 e. The summed E-state index contributed by atoms with van der Waals surface area (Å²) in [6.07, 6.45) is 0. The van der Waals surface area contributed by atoms with Crippen molar-refractivity contribution in [1.82, 2.24) is 5.48 Å². The van der Waals surface area contributed by atoms with Crippen molar-refractivity contribution in [2.75, 3.05) is 0 Å². The largest absolute Gasteiger partial charge is 0.296 e. The molecule has 0 atom stereocenters. The van der Waals surface area contributed by atoms with Crippen LogP contribution in [0.25, 0.3) is 0 Å². The fourth-order valence-corrected chi connectivity index (χ4v) is 1.37. The summed E-state index contributed by atoms with van der Waals surface area (Å²) in [6.45, 7) is 6.85. The fraction of sp³-hybridized carbons (Fsp3) is 0.556. The third kappa shape index (κ3) is 3.85. The van der Waals surface area contributed by atoms with Gasteiger partial charge in [-0.2, -0.15) is 5.48 Å². The van der Waals surface area contributed by atoms with E-state index >= 15 is 0 Å². The first-order chi connectivity index (χ1) is 5.58. The number of rotatable bonds is 3. The molecule has 0 aliphatic carbocycles. The number of hydroxylamine groups is 1. The van der Waals surface area contributed by atoms with Gasteiger partial charge in [0, 0.05) is 4.88 Å². The predicted molar refractivity (Wildman–Crippen MR) is 52.0 cm³/mol. The first-order valence-electron chi connectivity index (χ1n) is 4.01. The lowest BCUT2D eigenvalue weighted by Crippen LogP contribution is -2.28. The smallest absolute Gasteiger partial charge is 0.0813 e. The molecule has 3 heteroatoms. The van der Waals surface area contributed by atoms with Crippen LogP contribution in [0, 0.1) is 0 Å². The quantitative estimate of drug-likeness (QED) is 0.731. The van der Waals surface area contributed by atoms with Gasteiger partial charge in [0.15, 0.2) is 0 Å². The molecule has 0 aromatic carbocycles. The molecule has 0 radical (unpaired) electrons. The first-order valence-corrected chi connectivity index (χ1v) is 4.89. The highest BCUT2D eigenvalue weighted by Crippen LogP contribution is 2.09. The van der Waals surface area contributed by atoms with E-state index in [4.69, 9.17) is 4.84 Å². The van der Waals surface area contributed by atoms with Gasteiger partial charge in [-0.25, -0.2) is 0 Å². The molecule has 0 unspecified atom stereocenters. The van der Waals surface area contributed by atoms with Crippen molar-refractivity contribution >= 4 is 11.3 Å². The van der Waals surface area contributed by atoms with Crippen molar-refractivity contribution in [2.45, 2.75) is 32.9 Å². The zero-order valence-corrected chi connectivity index (χ0v) is 8.57. The Labute approximate surface area is 77.5 Å². The first kappa shape index (κ1) is 9.71. The third-order valence-corrected chi connectivity index (χ3v) is 2.08. The minimum absolute atomic E-state index is 0.114. The molecule has 12 heavy (non-hydrogen) atoms. The molecular weight excluding hydrogens is 170 g/mol. The van der Waals surface area contributed by atoms with Gasteiger partial charge in [0.25, 0.3) is 0 Å². The Hall–Kier alpha value is -0.380. The lowest BCUT2D eigenvalue weighted by atomic mass is 10.2. The normalized spacial score (nSPS) is 11.9. The van der Waals surface area contributed by atoms with Gasteiger partial charge < -0.3 is 0 Å². The minimum Gasteiger partial charge on any atom is -0.296 e. The molecule has 0 saturated heterocycles. The van der Waals surface area contributed by atoms with Crippen LogP contribution >= 0.6 is 11.3 Å². The summed E-state index contributed by atoms with van der Waals surface area (Å²) in [5, 5.41) is 2.06. The molecular formula is C9H15NOS. The topological polar surface area (TPSA) is 21.3 Å². The molecule has 1 N–H and O–H groups in total. The number of thiophene rings is 1. The van der Waals surface area contributed by atoms with E-state index < -0.39 is 0 Å². The summed E-state index contributed by atoms with van der Waals surface area (Å²) < 4.78 is 0. The summed E-state index contributed by atoms with van der Waals surface area (Å²) >= 11 is 1.73. The van der Waals surface area contributed by atoms with Gasteiger partial charge in [-0.1, -0.05) is 6.07 Å². The lowest BCUT2D eigenvalue weighted by Gasteiger charge is -2.18. The molecule has 1 heterocycles. The summed E-state index contributed by atoms with van der Waals surface area (Å²) in [6, 6.07) is 4.13. The Morgan fingerprint density at radius 2 is 2.25 bits per heavy atom. The van der Waals surface area contributed by atoms with Crippen molar-refractivity contribution < 1.29 is 4.84 Å². The van der Waals surface area contributed by atoms with E-state index in [1.54, 1.807) is 11.3 Å². The molecule has 0 spiro atoms. The molecule has 1 rings (SSSR count). The summed E-state index contributed by atoms with van der Waals surface area (Å²) in [5.41, 5.74) is 2.82. The number of nitrogens with one attached hydrogen (secondary N) is 1. The Bertz CT molecular complexity index is 213. The van der Waals surface area contributed by atoms with Crippen LogP contribution in [0.15, 0.2) is 17.5 Å². The van der Waals surface area contributed by atoms with Crippen LogP contribution in [0.1, 0.15) is 25.6 Å². The molecule has 0 bridgehead atoms. The maximum atomic E-state index is 5.36. The van der Waals surface area contributed by atoms with Crippen LogP contribution in [0.4, 0.5) is 0 Å². The Balaban J connectivity index is 2.20. The van der Waals surface area contributed by atoms with Crippen molar-refractivity contribution in [3.8, 4) is 0 Å². The van der Waals surface area contributed by atoms with Gasteiger partial charge in [-0.3, -0.25) is 4.84 Å². The molecule has 1 aromatic rings. The molecule has 0 amide bonds. The van der Waals surface area contributed by atoms with Gasteiger partial charge >= 0.3 is 0 Å². The van der Waals surface area contributed by atoms with E-state index in [-0.39, 0.29) is 5.60 Å². The fourth-order valence-electron chi connectivity index (χ4n) is 0.737. The Kier molecular flexibility index (Phi) is 3.26. The number of hydrogen-bond acceptors (Lipinski definition) is 3. The van der Waals surface area contributed by atoms with E-state index in [1.165, 1.54) is 4.88 Å². The average Bonchev–Trinajstić information content (AvgIpc) is 2.36. The standard InChI is InChI=1S/C9H15NOS/c1-9(2,3)11-10-7-8-5-4-6-12-8/h4-6,10H,7H2,1-3H3. The van der Waals surface area contributed by atoms with Crippen LogP contribution in [0.2, 0.25) is 0 Å². The van der Waals surface area contributed by atoms with Crippen molar-refractivity contribution in [3.05, 3.63) is 22.4 Å². The minimum atomic E-state index is -0.114. The highest BCUT2D eigenvalue weighted by atomic mass is 32.1. The average molecular weight is 185 g/mol. The zero-order valence-electron chi connectivity index (χ0n) is 7.76. The molecule has 0 saturated carbocycles. The second kappa shape index (κ2) is 4.03. The Morgan fingerprint density at radius 3 is 2.75 bits per heavy atom. The highest BCUT2D eigenvalue weighted by Gasteiger charge is 2.09. The van der Waals surface area contributed by atoms with E-state index in [2.05, 4.69) is 16.9 Å². The van der Waals surface area contributed by atoms with E-state index in [0.29, 0.717) is 0 Å². The monoisotopic (exact) mass is 185 g/mol. The lowest BCUT2D eigenvalue weighted by molar-refractivity contribution is -0.0754. The van der Waals surface area contributed by atoms with Gasteiger partial charge in [0.2, 0.25) is 0 Å². The van der Waals surface area contributed by atoms with Gasteiger partial charge in [-0.15, -0.1) is 11.3 Å². The predicted octanol–water partition coefficient (Wildman–Crippen LogP) is 2.57. The maximum absolute atomic E-state index is 5.36. The molecule has 68 valence electrons. The van der Waals surface area contributed by atoms with Crippen molar-refractivity contribution in [3.63, 3.8) is 0 Å². The summed E-state index contributed by atoms with van der Waals surface area (Å²) in [7, 11) is 0. The van der Waals surface area contributed by atoms with E-state index in [9.17, 15) is 0 Å². The molecule has 1 aromatic heterocycles. The van der Waals surface area contributed by atoms with Gasteiger partial charge in [0.1, 0.15) is 0 Å². The molecule has 0 aliphatic heterocycles. The SMILES string of the molecule is CC(C)(C)ONCc1cccs1. The Morgan fingerprint density at radius 1 is 1.50 bits per heavy atom. The van der Waals surface area contributed by atoms with Crippen LogP contribution < -0.4 is 5.48 Å². The summed E-state index contributed by atoms with van der Waals surface area (Å²) in [4.78, 5) is 6.65. The molecule has 0 aliphatic rings. The zero-order chi connectivity index (χ0) is 9.03. The number of hydrogen-bond donors (Lipinski definition) is 1. The second-order valence-corrected chi connectivity index (χ2v) is 4.65. The molecule has 0 fully saturated rings. The van der Waals surface area contributed by atoms with Crippen LogP contribution in [-0.4, -0.2) is 5.60 Å². The van der Waals surface area contributed by atoms with Gasteiger partial charge in [-0.05, 0) is 32.2 Å². The van der Waals surface area contributed by atoms with Crippen LogP contribution in [0.3, 0.4) is 0 Å².